The third kappa shape index (κ3) is 3.74. The highest BCUT2D eigenvalue weighted by molar-refractivity contribution is 6.07. The molecule has 0 saturated carbocycles. The quantitative estimate of drug-likeness (QED) is 0.482. The number of ether oxygens (including phenoxy) is 2. The fourth-order valence-electron chi connectivity index (χ4n) is 2.30. The van der Waals surface area contributed by atoms with E-state index in [9.17, 15) is 9.90 Å². The number of carbonyl (C=O) groups is 1. The Bertz CT molecular complexity index is 856. The standard InChI is InChI=1S/C19H16N2O4/c1-2-24-19(23)17(21-11-7-4-8-12-21)18-20-16(22)13-15(25-18)14-9-5-3-6-10-14/h3-13H,2H2,1H3. The number of hydrogen-bond donors (Lipinski definition) is 0. The van der Waals surface area contributed by atoms with Crippen LogP contribution in [0.4, 0.5) is 0 Å². The van der Waals surface area contributed by atoms with Crippen LogP contribution in [0.15, 0.2) is 77.9 Å². The maximum atomic E-state index is 12.4. The molecule has 6 heteroatoms. The van der Waals surface area contributed by atoms with Crippen LogP contribution in [0.5, 0.6) is 0 Å². The summed E-state index contributed by atoms with van der Waals surface area (Å²) in [5.74, 6) is -0.895. The summed E-state index contributed by atoms with van der Waals surface area (Å²) in [6.45, 7) is 1.90. The van der Waals surface area contributed by atoms with Gasteiger partial charge in [-0.15, -0.1) is 0 Å². The van der Waals surface area contributed by atoms with Gasteiger partial charge < -0.3 is 14.6 Å². The first-order chi connectivity index (χ1) is 12.2. The molecule has 0 spiro atoms. The van der Waals surface area contributed by atoms with E-state index in [-0.39, 0.29) is 18.2 Å². The molecule has 0 N–H and O–H groups in total. The van der Waals surface area contributed by atoms with Gasteiger partial charge in [0.05, 0.1) is 6.61 Å². The second kappa shape index (κ2) is 7.44. The Labute approximate surface area is 145 Å². The van der Waals surface area contributed by atoms with Crippen molar-refractivity contribution in [1.29, 1.82) is 0 Å². The SMILES string of the molecule is CCOC(=O)/C(=C1/N=C([O-])C=C(c2ccccc2)O1)[n+]1ccccc1. The van der Waals surface area contributed by atoms with E-state index in [1.165, 1.54) is 10.6 Å². The van der Waals surface area contributed by atoms with Gasteiger partial charge >= 0.3 is 17.5 Å². The molecule has 1 aliphatic rings. The van der Waals surface area contributed by atoms with Crippen LogP contribution in [0, 0.1) is 0 Å². The van der Waals surface area contributed by atoms with Gasteiger partial charge in [0.15, 0.2) is 12.4 Å². The molecule has 2 heterocycles. The third-order valence-corrected chi connectivity index (χ3v) is 3.38. The van der Waals surface area contributed by atoms with Gasteiger partial charge in [0.2, 0.25) is 0 Å². The lowest BCUT2D eigenvalue weighted by molar-refractivity contribution is -0.580. The summed E-state index contributed by atoms with van der Waals surface area (Å²) in [6.07, 6.45) is 4.60. The van der Waals surface area contributed by atoms with Crippen LogP contribution in [0.2, 0.25) is 0 Å². The Morgan fingerprint density at radius 2 is 1.84 bits per heavy atom. The van der Waals surface area contributed by atoms with E-state index in [0.717, 1.165) is 0 Å². The zero-order valence-electron chi connectivity index (χ0n) is 13.6. The minimum Gasteiger partial charge on any atom is -0.858 e. The molecule has 0 aliphatic carbocycles. The zero-order valence-corrected chi connectivity index (χ0v) is 13.6. The van der Waals surface area contributed by atoms with Gasteiger partial charge in [-0.2, -0.15) is 4.57 Å². The fraction of sp³-hybridized carbons (Fsp3) is 0.105. The van der Waals surface area contributed by atoms with E-state index in [4.69, 9.17) is 9.47 Å². The monoisotopic (exact) mass is 336 g/mol. The molecule has 1 aliphatic heterocycles. The van der Waals surface area contributed by atoms with E-state index in [1.54, 1.807) is 31.5 Å². The van der Waals surface area contributed by atoms with Crippen LogP contribution >= 0.6 is 0 Å². The molecule has 0 amide bonds. The molecule has 1 aromatic carbocycles. The smallest absolute Gasteiger partial charge is 0.410 e. The number of rotatable bonds is 4. The Morgan fingerprint density at radius 1 is 1.16 bits per heavy atom. The van der Waals surface area contributed by atoms with Gasteiger partial charge in [-0.1, -0.05) is 36.4 Å². The Balaban J connectivity index is 2.08. The summed E-state index contributed by atoms with van der Waals surface area (Å²) in [5, 5.41) is 12.1. The van der Waals surface area contributed by atoms with Crippen LogP contribution < -0.4 is 9.67 Å². The molecule has 0 fully saturated rings. The summed E-state index contributed by atoms with van der Waals surface area (Å²) in [5.41, 5.74) is 0.752. The van der Waals surface area contributed by atoms with Crippen molar-refractivity contribution in [2.24, 2.45) is 4.99 Å². The summed E-state index contributed by atoms with van der Waals surface area (Å²) in [4.78, 5) is 16.3. The lowest BCUT2D eigenvalue weighted by atomic mass is 10.1. The molecule has 0 saturated heterocycles. The van der Waals surface area contributed by atoms with E-state index < -0.39 is 11.9 Å². The second-order valence-corrected chi connectivity index (χ2v) is 5.08. The molecule has 0 bridgehead atoms. The second-order valence-electron chi connectivity index (χ2n) is 5.08. The van der Waals surface area contributed by atoms with Gasteiger partial charge in [0.1, 0.15) is 5.76 Å². The summed E-state index contributed by atoms with van der Waals surface area (Å²) in [7, 11) is 0. The average molecular weight is 336 g/mol. The van der Waals surface area contributed by atoms with E-state index in [2.05, 4.69) is 4.99 Å². The maximum absolute atomic E-state index is 12.4. The van der Waals surface area contributed by atoms with Crippen molar-refractivity contribution < 1.29 is 23.9 Å². The molecular formula is C19H16N2O4. The van der Waals surface area contributed by atoms with E-state index in [0.29, 0.717) is 11.3 Å². The van der Waals surface area contributed by atoms with E-state index in [1.807, 2.05) is 36.4 Å². The van der Waals surface area contributed by atoms with Crippen molar-refractivity contribution in [3.63, 3.8) is 0 Å². The van der Waals surface area contributed by atoms with Gasteiger partial charge in [0, 0.05) is 17.7 Å². The number of benzene rings is 1. The summed E-state index contributed by atoms with van der Waals surface area (Å²) >= 11 is 0. The Morgan fingerprint density at radius 3 is 2.52 bits per heavy atom. The van der Waals surface area contributed by atoms with Crippen LogP contribution in [-0.2, 0) is 14.3 Å². The normalized spacial score (nSPS) is 15.6. The number of aromatic nitrogens is 1. The summed E-state index contributed by atoms with van der Waals surface area (Å²) < 4.78 is 12.4. The highest BCUT2D eigenvalue weighted by Gasteiger charge is 2.30. The average Bonchev–Trinajstić information content (AvgIpc) is 2.63. The van der Waals surface area contributed by atoms with Crippen LogP contribution in [0.25, 0.3) is 11.5 Å². The van der Waals surface area contributed by atoms with Crippen molar-refractivity contribution in [2.75, 3.05) is 6.61 Å². The number of nitrogens with zero attached hydrogens (tertiary/aromatic N) is 2. The van der Waals surface area contributed by atoms with Crippen molar-refractivity contribution in [2.45, 2.75) is 6.92 Å². The Hall–Kier alpha value is -3.41. The van der Waals surface area contributed by atoms with Crippen LogP contribution in [0.3, 0.4) is 0 Å². The number of carbonyl (C=O) groups excluding carboxylic acids is 1. The predicted molar refractivity (Wildman–Crippen MR) is 89.4 cm³/mol. The molecule has 126 valence electrons. The minimum atomic E-state index is -0.625. The molecule has 6 nitrogen and oxygen atoms in total. The lowest BCUT2D eigenvalue weighted by Crippen LogP contribution is -2.38. The number of aliphatic imine (C=N–C) groups is 1. The largest absolute Gasteiger partial charge is 0.858 e. The van der Waals surface area contributed by atoms with Gasteiger partial charge in [-0.05, 0) is 18.9 Å². The molecular weight excluding hydrogens is 320 g/mol. The molecule has 1 aromatic heterocycles. The zero-order chi connectivity index (χ0) is 17.6. The van der Waals surface area contributed by atoms with Crippen molar-refractivity contribution in [3.05, 3.63) is 78.4 Å². The minimum absolute atomic E-state index is 0.0392. The number of esters is 1. The van der Waals surface area contributed by atoms with Crippen molar-refractivity contribution >= 4 is 23.3 Å². The van der Waals surface area contributed by atoms with Crippen molar-refractivity contribution in [3.8, 4) is 0 Å². The summed E-state index contributed by atoms with van der Waals surface area (Å²) in [6, 6.07) is 14.4. The molecule has 0 unspecified atom stereocenters. The van der Waals surface area contributed by atoms with E-state index >= 15 is 0 Å². The van der Waals surface area contributed by atoms with Crippen LogP contribution in [0.1, 0.15) is 12.5 Å². The van der Waals surface area contributed by atoms with Crippen molar-refractivity contribution in [1.82, 2.24) is 0 Å². The van der Waals surface area contributed by atoms with Crippen LogP contribution in [-0.4, -0.2) is 18.5 Å². The molecule has 0 atom stereocenters. The van der Waals surface area contributed by atoms with Gasteiger partial charge in [0.25, 0.3) is 0 Å². The first-order valence-electron chi connectivity index (χ1n) is 7.77. The first kappa shape index (κ1) is 16.4. The fourth-order valence-corrected chi connectivity index (χ4v) is 2.30. The maximum Gasteiger partial charge on any atom is 0.410 e. The molecule has 3 rings (SSSR count). The molecule has 0 radical (unpaired) electrons. The predicted octanol–water partition coefficient (Wildman–Crippen LogP) is 1.49. The molecule has 25 heavy (non-hydrogen) atoms. The number of hydrogen-bond acceptors (Lipinski definition) is 5. The van der Waals surface area contributed by atoms with Gasteiger partial charge in [-0.3, -0.25) is 0 Å². The number of pyridine rings is 1. The third-order valence-electron chi connectivity index (χ3n) is 3.38. The molecule has 2 aromatic rings. The highest BCUT2D eigenvalue weighted by Crippen LogP contribution is 2.25. The topological polar surface area (TPSA) is 74.8 Å². The highest BCUT2D eigenvalue weighted by atomic mass is 16.5. The first-order valence-corrected chi connectivity index (χ1v) is 7.77. The lowest BCUT2D eigenvalue weighted by Gasteiger charge is -2.19. The van der Waals surface area contributed by atoms with Gasteiger partial charge in [-0.25, -0.2) is 9.79 Å². The Kier molecular flexibility index (Phi) is 4.89.